The van der Waals surface area contributed by atoms with Crippen molar-refractivity contribution in [1.82, 2.24) is 19.7 Å². The van der Waals surface area contributed by atoms with Crippen molar-refractivity contribution in [3.8, 4) is 5.69 Å². The fourth-order valence-electron chi connectivity index (χ4n) is 3.53. The van der Waals surface area contributed by atoms with Crippen LogP contribution in [0.4, 0.5) is 11.9 Å². The molecule has 1 aromatic heterocycles. The number of hydrogen-bond donors (Lipinski definition) is 2. The van der Waals surface area contributed by atoms with Crippen molar-refractivity contribution in [2.45, 2.75) is 31.6 Å². The number of likely N-dealkylation sites (tertiary alicyclic amines) is 1. The van der Waals surface area contributed by atoms with Gasteiger partial charge in [-0.15, -0.1) is 5.10 Å². The lowest BCUT2D eigenvalue weighted by molar-refractivity contribution is 0.204. The van der Waals surface area contributed by atoms with E-state index in [2.05, 4.69) is 39.2 Å². The smallest absolute Gasteiger partial charge is 0.241 e. The van der Waals surface area contributed by atoms with Crippen molar-refractivity contribution in [2.24, 2.45) is 5.92 Å². The van der Waals surface area contributed by atoms with Crippen LogP contribution in [0.15, 0.2) is 24.3 Å². The number of nitrogens with zero attached hydrogens (tertiary/aromatic N) is 4. The molecule has 4 rings (SSSR count). The highest BCUT2D eigenvalue weighted by Gasteiger charge is 2.27. The lowest BCUT2D eigenvalue weighted by Gasteiger charge is -2.32. The summed E-state index contributed by atoms with van der Waals surface area (Å²) in [6.45, 7) is 3.78. The third-order valence-electron chi connectivity index (χ3n) is 5.06. The number of nitrogen functional groups attached to an aromatic ring is 2. The predicted octanol–water partition coefficient (Wildman–Crippen LogP) is 2.02. The Bertz CT molecular complexity index is 665. The van der Waals surface area contributed by atoms with E-state index in [4.69, 9.17) is 11.5 Å². The Morgan fingerprint density at radius 1 is 1.00 bits per heavy atom. The van der Waals surface area contributed by atoms with Crippen LogP contribution in [0.1, 0.15) is 37.2 Å². The second-order valence-corrected chi connectivity index (χ2v) is 6.85. The molecular weight excluding hydrogens is 288 g/mol. The third kappa shape index (κ3) is 3.17. The van der Waals surface area contributed by atoms with E-state index < -0.39 is 0 Å². The maximum Gasteiger partial charge on any atom is 0.241 e. The fraction of sp³-hybridized carbons (Fsp3) is 0.529. The maximum atomic E-state index is 5.82. The maximum absolute atomic E-state index is 5.82. The fourth-order valence-corrected chi connectivity index (χ4v) is 3.53. The van der Waals surface area contributed by atoms with Gasteiger partial charge in [0.2, 0.25) is 11.9 Å². The normalized spacial score (nSPS) is 20.0. The Balaban J connectivity index is 1.41. The largest absolute Gasteiger partial charge is 0.368 e. The van der Waals surface area contributed by atoms with Crippen LogP contribution in [0, 0.1) is 5.92 Å². The molecule has 6 heteroatoms. The zero-order valence-electron chi connectivity index (χ0n) is 13.4. The van der Waals surface area contributed by atoms with E-state index >= 15 is 0 Å². The molecule has 0 spiro atoms. The lowest BCUT2D eigenvalue weighted by atomic mass is 9.89. The monoisotopic (exact) mass is 312 g/mol. The molecule has 0 unspecified atom stereocenters. The van der Waals surface area contributed by atoms with E-state index in [0.29, 0.717) is 11.9 Å². The first-order valence-corrected chi connectivity index (χ1v) is 8.50. The van der Waals surface area contributed by atoms with Crippen LogP contribution in [-0.4, -0.2) is 39.3 Å². The molecule has 1 aliphatic heterocycles. The summed E-state index contributed by atoms with van der Waals surface area (Å²) in [6, 6.07) is 8.48. The van der Waals surface area contributed by atoms with Crippen LogP contribution in [0.2, 0.25) is 0 Å². The van der Waals surface area contributed by atoms with Crippen molar-refractivity contribution in [2.75, 3.05) is 31.1 Å². The topological polar surface area (TPSA) is 86.0 Å². The molecule has 122 valence electrons. The first-order chi connectivity index (χ1) is 11.2. The summed E-state index contributed by atoms with van der Waals surface area (Å²) in [5.41, 5.74) is 13.7. The molecule has 0 radical (unpaired) electrons. The van der Waals surface area contributed by atoms with Gasteiger partial charge in [0.15, 0.2) is 0 Å². The minimum Gasteiger partial charge on any atom is -0.368 e. The highest BCUT2D eigenvalue weighted by Crippen LogP contribution is 2.33. The zero-order chi connectivity index (χ0) is 15.8. The molecule has 1 saturated heterocycles. The second-order valence-electron chi connectivity index (χ2n) is 6.85. The Labute approximate surface area is 136 Å². The van der Waals surface area contributed by atoms with Crippen LogP contribution in [0.5, 0.6) is 0 Å². The van der Waals surface area contributed by atoms with Crippen LogP contribution in [-0.2, 0) is 0 Å². The van der Waals surface area contributed by atoms with Gasteiger partial charge in [0.05, 0.1) is 5.69 Å². The Morgan fingerprint density at radius 2 is 1.70 bits per heavy atom. The molecule has 0 amide bonds. The van der Waals surface area contributed by atoms with E-state index in [-0.39, 0.29) is 5.95 Å². The predicted molar refractivity (Wildman–Crippen MR) is 91.3 cm³/mol. The summed E-state index contributed by atoms with van der Waals surface area (Å²) < 4.78 is 1.58. The Morgan fingerprint density at radius 3 is 2.26 bits per heavy atom. The van der Waals surface area contributed by atoms with Gasteiger partial charge in [0.25, 0.3) is 0 Å². The highest BCUT2D eigenvalue weighted by molar-refractivity contribution is 5.42. The summed E-state index contributed by atoms with van der Waals surface area (Å²) in [4.78, 5) is 6.58. The van der Waals surface area contributed by atoms with Gasteiger partial charge in [-0.3, -0.25) is 0 Å². The molecule has 23 heavy (non-hydrogen) atoms. The first-order valence-electron chi connectivity index (χ1n) is 8.50. The van der Waals surface area contributed by atoms with Gasteiger partial charge in [-0.2, -0.15) is 9.67 Å². The SMILES string of the molecule is Nc1nc(N)n(-c2ccc(C3CCN(CC4CC4)CC3)cc2)n1. The molecule has 1 aromatic carbocycles. The van der Waals surface area contributed by atoms with Crippen LogP contribution in [0.25, 0.3) is 5.69 Å². The van der Waals surface area contributed by atoms with Crippen molar-refractivity contribution in [1.29, 1.82) is 0 Å². The lowest BCUT2D eigenvalue weighted by Crippen LogP contribution is -2.34. The number of anilines is 2. The number of benzene rings is 1. The Hall–Kier alpha value is -2.08. The third-order valence-corrected chi connectivity index (χ3v) is 5.06. The molecule has 1 saturated carbocycles. The summed E-state index contributed by atoms with van der Waals surface area (Å²) in [7, 11) is 0. The van der Waals surface area contributed by atoms with E-state index in [0.717, 1.165) is 11.6 Å². The van der Waals surface area contributed by atoms with Crippen molar-refractivity contribution < 1.29 is 0 Å². The summed E-state index contributed by atoms with van der Waals surface area (Å²) >= 11 is 0. The first kappa shape index (κ1) is 14.5. The molecule has 0 atom stereocenters. The van der Waals surface area contributed by atoms with Gasteiger partial charge >= 0.3 is 0 Å². The van der Waals surface area contributed by atoms with Crippen molar-refractivity contribution in [3.63, 3.8) is 0 Å². The van der Waals surface area contributed by atoms with Gasteiger partial charge in [0, 0.05) is 6.54 Å². The molecule has 1 aliphatic carbocycles. The van der Waals surface area contributed by atoms with E-state index in [1.165, 1.54) is 50.9 Å². The molecule has 2 aliphatic rings. The molecule has 6 nitrogen and oxygen atoms in total. The molecule has 2 fully saturated rings. The summed E-state index contributed by atoms with van der Waals surface area (Å²) in [5, 5.41) is 4.12. The minimum atomic E-state index is 0.203. The molecule has 2 heterocycles. The van der Waals surface area contributed by atoms with E-state index in [9.17, 15) is 0 Å². The zero-order valence-corrected chi connectivity index (χ0v) is 13.4. The van der Waals surface area contributed by atoms with Crippen LogP contribution < -0.4 is 11.5 Å². The number of piperidine rings is 1. The van der Waals surface area contributed by atoms with E-state index in [1.807, 2.05) is 0 Å². The van der Waals surface area contributed by atoms with Gasteiger partial charge in [-0.05, 0) is 68.3 Å². The van der Waals surface area contributed by atoms with Crippen molar-refractivity contribution in [3.05, 3.63) is 29.8 Å². The summed E-state index contributed by atoms with van der Waals surface area (Å²) in [6.07, 6.45) is 5.39. The number of aromatic nitrogens is 3. The highest BCUT2D eigenvalue weighted by atomic mass is 15.4. The van der Waals surface area contributed by atoms with Crippen LogP contribution in [0.3, 0.4) is 0 Å². The van der Waals surface area contributed by atoms with E-state index in [1.54, 1.807) is 4.68 Å². The van der Waals surface area contributed by atoms with Gasteiger partial charge in [-0.25, -0.2) is 0 Å². The average molecular weight is 312 g/mol. The van der Waals surface area contributed by atoms with Gasteiger partial charge in [0.1, 0.15) is 0 Å². The summed E-state index contributed by atoms with van der Waals surface area (Å²) in [5.74, 6) is 2.18. The molecule has 4 N–H and O–H groups in total. The molecular formula is C17H24N6. The number of rotatable bonds is 4. The van der Waals surface area contributed by atoms with Crippen LogP contribution >= 0.6 is 0 Å². The average Bonchev–Trinajstić information content (AvgIpc) is 3.31. The van der Waals surface area contributed by atoms with Gasteiger partial charge < -0.3 is 16.4 Å². The van der Waals surface area contributed by atoms with Crippen molar-refractivity contribution >= 4 is 11.9 Å². The number of nitrogens with two attached hydrogens (primary N) is 2. The standard InChI is InChI=1S/C17H24N6/c18-16-20-17(19)23(21-16)15-5-3-13(4-6-15)14-7-9-22(10-8-14)11-12-1-2-12/h3-6,12,14H,1-2,7-11H2,(H4,18,19,20,21). The van der Waals surface area contributed by atoms with Gasteiger partial charge in [-0.1, -0.05) is 12.1 Å². The minimum absolute atomic E-state index is 0.203. The number of hydrogen-bond acceptors (Lipinski definition) is 5. The molecule has 0 bridgehead atoms. The quantitative estimate of drug-likeness (QED) is 0.902. The second kappa shape index (κ2) is 5.85. The molecule has 2 aromatic rings. The Kier molecular flexibility index (Phi) is 3.69.